The molecule has 0 aliphatic carbocycles. The SMILES string of the molecule is Cc1ccc(N(CC(=O)N(Cc2cccc(Cl)c2)[C@@H](Cc2ccccc2)C(=O)NCC(C)C)S(=O)(=O)c2ccccc2)cc1Cl. The normalized spacial score (nSPS) is 12.0. The fraction of sp³-hybridized carbons (Fsp3) is 0.257. The molecule has 236 valence electrons. The van der Waals surface area contributed by atoms with E-state index in [1.165, 1.54) is 23.1 Å². The summed E-state index contributed by atoms with van der Waals surface area (Å²) in [5, 5.41) is 3.82. The van der Waals surface area contributed by atoms with E-state index < -0.39 is 28.5 Å². The van der Waals surface area contributed by atoms with Gasteiger partial charge in [-0.25, -0.2) is 8.42 Å². The van der Waals surface area contributed by atoms with Crippen LogP contribution in [0.15, 0.2) is 108 Å². The molecule has 0 heterocycles. The fourth-order valence-corrected chi connectivity index (χ4v) is 6.61. The van der Waals surface area contributed by atoms with Gasteiger partial charge in [-0.2, -0.15) is 0 Å². The van der Waals surface area contributed by atoms with Crippen LogP contribution in [0.1, 0.15) is 30.5 Å². The van der Waals surface area contributed by atoms with Crippen LogP contribution in [0.5, 0.6) is 0 Å². The largest absolute Gasteiger partial charge is 0.354 e. The molecule has 4 rings (SSSR count). The molecule has 1 atom stereocenters. The first-order valence-electron chi connectivity index (χ1n) is 14.6. The lowest BCUT2D eigenvalue weighted by Gasteiger charge is -2.34. The first-order valence-corrected chi connectivity index (χ1v) is 16.8. The Hall–Kier alpha value is -3.85. The molecule has 0 aromatic heterocycles. The van der Waals surface area contributed by atoms with Crippen LogP contribution in [0.3, 0.4) is 0 Å². The highest BCUT2D eigenvalue weighted by Crippen LogP contribution is 2.29. The highest BCUT2D eigenvalue weighted by molar-refractivity contribution is 7.92. The lowest BCUT2D eigenvalue weighted by Crippen LogP contribution is -2.53. The van der Waals surface area contributed by atoms with Crippen molar-refractivity contribution in [2.45, 2.75) is 44.7 Å². The Morgan fingerprint density at radius 2 is 1.47 bits per heavy atom. The molecule has 1 N–H and O–H groups in total. The zero-order valence-electron chi connectivity index (χ0n) is 25.5. The maximum atomic E-state index is 14.5. The van der Waals surface area contributed by atoms with Gasteiger partial charge in [0.25, 0.3) is 10.0 Å². The minimum Gasteiger partial charge on any atom is -0.354 e. The quantitative estimate of drug-likeness (QED) is 0.168. The Morgan fingerprint density at radius 1 is 0.822 bits per heavy atom. The topological polar surface area (TPSA) is 86.8 Å². The molecule has 0 saturated carbocycles. The van der Waals surface area contributed by atoms with Crippen molar-refractivity contribution in [1.82, 2.24) is 10.2 Å². The summed E-state index contributed by atoms with van der Waals surface area (Å²) in [6.07, 6.45) is 0.221. The second kappa shape index (κ2) is 15.4. The van der Waals surface area contributed by atoms with Crippen molar-refractivity contribution in [3.8, 4) is 0 Å². The predicted molar refractivity (Wildman–Crippen MR) is 181 cm³/mol. The lowest BCUT2D eigenvalue weighted by atomic mass is 10.0. The van der Waals surface area contributed by atoms with Crippen LogP contribution in [0, 0.1) is 12.8 Å². The third-order valence-corrected chi connectivity index (χ3v) is 9.68. The Labute approximate surface area is 275 Å². The number of sulfonamides is 1. The van der Waals surface area contributed by atoms with Crippen molar-refractivity contribution in [3.63, 3.8) is 0 Å². The Morgan fingerprint density at radius 3 is 2.09 bits per heavy atom. The van der Waals surface area contributed by atoms with Gasteiger partial charge in [0.05, 0.1) is 10.6 Å². The standard InChI is InChI=1S/C35H37Cl2N3O4S/c1-25(2)22-38-35(42)33(20-27-11-6-4-7-12-27)39(23-28-13-10-14-29(36)19-28)34(41)24-40(30-18-17-26(3)32(37)21-30)45(43,44)31-15-8-5-9-16-31/h4-19,21,25,33H,20,22-24H2,1-3H3,(H,38,42)/t33-/m0/s1. The van der Waals surface area contributed by atoms with Gasteiger partial charge in [-0.15, -0.1) is 0 Å². The number of carbonyl (C=O) groups is 2. The summed E-state index contributed by atoms with van der Waals surface area (Å²) in [6.45, 7) is 5.66. The molecule has 0 unspecified atom stereocenters. The van der Waals surface area contributed by atoms with E-state index in [0.29, 0.717) is 22.2 Å². The van der Waals surface area contributed by atoms with E-state index in [9.17, 15) is 18.0 Å². The maximum Gasteiger partial charge on any atom is 0.264 e. The first kappa shape index (κ1) is 34.0. The molecule has 4 aromatic rings. The number of hydrogen-bond donors (Lipinski definition) is 1. The number of anilines is 1. The highest BCUT2D eigenvalue weighted by atomic mass is 35.5. The van der Waals surface area contributed by atoms with Crippen LogP contribution in [0.25, 0.3) is 0 Å². The Kier molecular flexibility index (Phi) is 11.7. The van der Waals surface area contributed by atoms with Crippen LogP contribution < -0.4 is 9.62 Å². The van der Waals surface area contributed by atoms with Crippen LogP contribution in [0.4, 0.5) is 5.69 Å². The van der Waals surface area contributed by atoms with Crippen molar-refractivity contribution in [2.75, 3.05) is 17.4 Å². The van der Waals surface area contributed by atoms with Gasteiger partial charge in [-0.05, 0) is 65.9 Å². The van der Waals surface area contributed by atoms with Gasteiger partial charge in [0, 0.05) is 29.6 Å². The molecule has 0 radical (unpaired) electrons. The molecule has 10 heteroatoms. The molecule has 0 fully saturated rings. The number of aryl methyl sites for hydroxylation is 1. The highest BCUT2D eigenvalue weighted by Gasteiger charge is 2.34. The van der Waals surface area contributed by atoms with Crippen molar-refractivity contribution >= 4 is 50.7 Å². The first-order chi connectivity index (χ1) is 21.5. The lowest BCUT2D eigenvalue weighted by molar-refractivity contribution is -0.140. The molecule has 0 bridgehead atoms. The minimum atomic E-state index is -4.21. The summed E-state index contributed by atoms with van der Waals surface area (Å²) in [5.41, 5.74) is 2.54. The fourth-order valence-electron chi connectivity index (χ4n) is 4.79. The van der Waals surface area contributed by atoms with E-state index >= 15 is 0 Å². The summed E-state index contributed by atoms with van der Waals surface area (Å²) in [7, 11) is -4.21. The van der Waals surface area contributed by atoms with Gasteiger partial charge in [0.15, 0.2) is 0 Å². The number of nitrogens with zero attached hydrogens (tertiary/aromatic N) is 2. The van der Waals surface area contributed by atoms with Crippen LogP contribution in [-0.4, -0.2) is 44.3 Å². The summed E-state index contributed by atoms with van der Waals surface area (Å²) < 4.78 is 29.2. The van der Waals surface area contributed by atoms with E-state index in [1.807, 2.05) is 57.2 Å². The van der Waals surface area contributed by atoms with Gasteiger partial charge in [0.1, 0.15) is 12.6 Å². The number of nitrogens with one attached hydrogen (secondary N) is 1. The molecule has 7 nitrogen and oxygen atoms in total. The zero-order valence-corrected chi connectivity index (χ0v) is 27.8. The number of amides is 2. The van der Waals surface area contributed by atoms with Gasteiger partial charge < -0.3 is 10.2 Å². The van der Waals surface area contributed by atoms with Crippen LogP contribution in [-0.2, 0) is 32.6 Å². The third-order valence-electron chi connectivity index (χ3n) is 7.25. The van der Waals surface area contributed by atoms with Crippen LogP contribution >= 0.6 is 23.2 Å². The van der Waals surface area contributed by atoms with E-state index in [-0.39, 0.29) is 35.4 Å². The van der Waals surface area contributed by atoms with Crippen molar-refractivity contribution in [2.24, 2.45) is 5.92 Å². The van der Waals surface area contributed by atoms with E-state index in [4.69, 9.17) is 23.2 Å². The van der Waals surface area contributed by atoms with Crippen molar-refractivity contribution in [3.05, 3.63) is 130 Å². The second-order valence-electron chi connectivity index (χ2n) is 11.3. The summed E-state index contributed by atoms with van der Waals surface area (Å²) in [4.78, 5) is 29.8. The predicted octanol–water partition coefficient (Wildman–Crippen LogP) is 6.91. The van der Waals surface area contributed by atoms with E-state index in [2.05, 4.69) is 5.32 Å². The smallest absolute Gasteiger partial charge is 0.264 e. The molecular weight excluding hydrogens is 629 g/mol. The molecule has 0 saturated heterocycles. The van der Waals surface area contributed by atoms with Gasteiger partial charge in [-0.1, -0.05) is 104 Å². The van der Waals surface area contributed by atoms with Gasteiger partial charge in [0.2, 0.25) is 11.8 Å². The zero-order chi connectivity index (χ0) is 32.6. The monoisotopic (exact) mass is 665 g/mol. The van der Waals surface area contributed by atoms with E-state index in [1.54, 1.807) is 48.5 Å². The number of carbonyl (C=O) groups excluding carboxylic acids is 2. The second-order valence-corrected chi connectivity index (χ2v) is 14.0. The molecular formula is C35H37Cl2N3O4S. The summed E-state index contributed by atoms with van der Waals surface area (Å²) in [6, 6.07) is 28.3. The molecule has 0 aliphatic heterocycles. The summed E-state index contributed by atoms with van der Waals surface area (Å²) in [5.74, 6) is -0.716. The summed E-state index contributed by atoms with van der Waals surface area (Å²) >= 11 is 12.7. The Bertz CT molecular complexity index is 1720. The molecule has 2 amide bonds. The number of benzene rings is 4. The van der Waals surface area contributed by atoms with Crippen molar-refractivity contribution in [1.29, 1.82) is 0 Å². The molecule has 4 aromatic carbocycles. The van der Waals surface area contributed by atoms with Crippen LogP contribution in [0.2, 0.25) is 10.0 Å². The minimum absolute atomic E-state index is 0.0198. The number of hydrogen-bond acceptors (Lipinski definition) is 4. The van der Waals surface area contributed by atoms with Crippen molar-refractivity contribution < 1.29 is 18.0 Å². The third kappa shape index (κ3) is 9.10. The van der Waals surface area contributed by atoms with Gasteiger partial charge >= 0.3 is 0 Å². The molecule has 0 aliphatic rings. The molecule has 45 heavy (non-hydrogen) atoms. The number of rotatable bonds is 13. The molecule has 0 spiro atoms. The van der Waals surface area contributed by atoms with Gasteiger partial charge in [-0.3, -0.25) is 13.9 Å². The Balaban J connectivity index is 1.81. The average molecular weight is 667 g/mol. The van der Waals surface area contributed by atoms with E-state index in [0.717, 1.165) is 15.4 Å². The number of halogens is 2. The average Bonchev–Trinajstić information content (AvgIpc) is 3.02. The maximum absolute atomic E-state index is 14.5.